The molecule has 2 N–H and O–H groups in total. The fraction of sp³-hybridized carbons (Fsp3) is 0.0769. The van der Waals surface area contributed by atoms with Crippen LogP contribution in [0.3, 0.4) is 0 Å². The Bertz CT molecular complexity index is 639. The first-order valence-electron chi connectivity index (χ1n) is 5.31. The monoisotopic (exact) mass is 291 g/mol. The molecule has 0 unspecified atom stereocenters. The number of anilines is 1. The Kier molecular flexibility index (Phi) is 3.37. The van der Waals surface area contributed by atoms with E-state index in [0.717, 1.165) is 6.07 Å². The van der Waals surface area contributed by atoms with Crippen LogP contribution in [0.15, 0.2) is 30.3 Å². The lowest BCUT2D eigenvalue weighted by atomic mass is 10.0. The van der Waals surface area contributed by atoms with Gasteiger partial charge in [0.1, 0.15) is 0 Å². The molecule has 0 aromatic heterocycles. The molecule has 0 bridgehead atoms. The maximum absolute atomic E-state index is 13.1. The molecule has 0 spiro atoms. The van der Waals surface area contributed by atoms with E-state index in [0.29, 0.717) is 24.3 Å². The highest BCUT2D eigenvalue weighted by Crippen LogP contribution is 2.34. The predicted octanol–water partition coefficient (Wildman–Crippen LogP) is 4.37. The summed E-state index contributed by atoms with van der Waals surface area (Å²) >= 11 is 0. The molecule has 20 heavy (non-hydrogen) atoms. The first-order chi connectivity index (χ1) is 9.18. The van der Waals surface area contributed by atoms with E-state index in [2.05, 4.69) is 0 Å². The first-order valence-corrected chi connectivity index (χ1v) is 5.31. The molecular formula is C13H7F6N. The van der Waals surface area contributed by atoms with Gasteiger partial charge < -0.3 is 5.73 Å². The molecule has 7 heteroatoms. The minimum Gasteiger partial charge on any atom is -0.399 e. The molecule has 2 aromatic carbocycles. The van der Waals surface area contributed by atoms with E-state index in [-0.39, 0.29) is 16.8 Å². The van der Waals surface area contributed by atoms with Gasteiger partial charge in [-0.05, 0) is 41.5 Å². The van der Waals surface area contributed by atoms with Crippen LogP contribution in [-0.4, -0.2) is 0 Å². The van der Waals surface area contributed by atoms with Gasteiger partial charge in [0.05, 0.1) is 5.56 Å². The smallest absolute Gasteiger partial charge is 0.399 e. The third kappa shape index (κ3) is 2.71. The standard InChI is InChI=1S/C13H7F6N/c14-10-3-7(4-11(15)12(10)16)6-1-8(13(17,18)19)5-9(20)2-6/h1-5H,20H2. The summed E-state index contributed by atoms with van der Waals surface area (Å²) in [7, 11) is 0. The molecule has 2 aromatic rings. The van der Waals surface area contributed by atoms with E-state index in [1.807, 2.05) is 0 Å². The van der Waals surface area contributed by atoms with Crippen LogP contribution in [0, 0.1) is 17.5 Å². The van der Waals surface area contributed by atoms with Crippen LogP contribution >= 0.6 is 0 Å². The molecule has 0 saturated carbocycles. The van der Waals surface area contributed by atoms with Crippen molar-refractivity contribution in [2.45, 2.75) is 6.18 Å². The van der Waals surface area contributed by atoms with Crippen LogP contribution in [0.5, 0.6) is 0 Å². The van der Waals surface area contributed by atoms with Crippen molar-refractivity contribution < 1.29 is 26.3 Å². The number of benzene rings is 2. The van der Waals surface area contributed by atoms with Gasteiger partial charge in [-0.15, -0.1) is 0 Å². The van der Waals surface area contributed by atoms with Gasteiger partial charge in [-0.2, -0.15) is 13.2 Å². The summed E-state index contributed by atoms with van der Waals surface area (Å²) in [4.78, 5) is 0. The lowest BCUT2D eigenvalue weighted by molar-refractivity contribution is -0.137. The fourth-order valence-corrected chi connectivity index (χ4v) is 1.70. The highest BCUT2D eigenvalue weighted by atomic mass is 19.4. The van der Waals surface area contributed by atoms with E-state index < -0.39 is 29.2 Å². The molecule has 0 atom stereocenters. The van der Waals surface area contributed by atoms with E-state index in [9.17, 15) is 26.3 Å². The lowest BCUT2D eigenvalue weighted by Gasteiger charge is -2.11. The summed E-state index contributed by atoms with van der Waals surface area (Å²) in [6, 6.07) is 3.70. The van der Waals surface area contributed by atoms with Gasteiger partial charge in [0.2, 0.25) is 0 Å². The zero-order chi connectivity index (χ0) is 15.1. The van der Waals surface area contributed by atoms with Crippen molar-refractivity contribution in [2.24, 2.45) is 0 Å². The summed E-state index contributed by atoms with van der Waals surface area (Å²) in [5.41, 5.74) is 3.66. The largest absolute Gasteiger partial charge is 0.416 e. The highest BCUT2D eigenvalue weighted by Gasteiger charge is 2.31. The van der Waals surface area contributed by atoms with E-state index >= 15 is 0 Å². The normalized spacial score (nSPS) is 11.7. The molecule has 2 rings (SSSR count). The third-order valence-corrected chi connectivity index (χ3v) is 2.60. The Morgan fingerprint density at radius 2 is 1.25 bits per heavy atom. The highest BCUT2D eigenvalue weighted by molar-refractivity contribution is 5.69. The summed E-state index contributed by atoms with van der Waals surface area (Å²) in [5, 5.41) is 0. The van der Waals surface area contributed by atoms with Crippen LogP contribution in [0.25, 0.3) is 11.1 Å². The average Bonchev–Trinajstić information content (AvgIpc) is 2.33. The van der Waals surface area contributed by atoms with Crippen LogP contribution in [0.1, 0.15) is 5.56 Å². The average molecular weight is 291 g/mol. The molecular weight excluding hydrogens is 284 g/mol. The van der Waals surface area contributed by atoms with Gasteiger partial charge in [-0.1, -0.05) is 0 Å². The van der Waals surface area contributed by atoms with E-state index in [1.165, 1.54) is 0 Å². The van der Waals surface area contributed by atoms with E-state index in [4.69, 9.17) is 5.73 Å². The number of hydrogen-bond donors (Lipinski definition) is 1. The second-order valence-corrected chi connectivity index (χ2v) is 4.10. The zero-order valence-electron chi connectivity index (χ0n) is 9.73. The maximum Gasteiger partial charge on any atom is 0.416 e. The minimum atomic E-state index is -4.65. The Hall–Kier alpha value is -2.18. The van der Waals surface area contributed by atoms with Gasteiger partial charge in [-0.25, -0.2) is 13.2 Å². The Balaban J connectivity index is 2.61. The Labute approximate surface area is 109 Å². The van der Waals surface area contributed by atoms with Crippen molar-refractivity contribution in [1.29, 1.82) is 0 Å². The molecule has 0 radical (unpaired) electrons. The van der Waals surface area contributed by atoms with Crippen molar-refractivity contribution in [3.8, 4) is 11.1 Å². The van der Waals surface area contributed by atoms with Crippen molar-refractivity contribution in [3.63, 3.8) is 0 Å². The quantitative estimate of drug-likeness (QED) is 0.471. The number of nitrogens with two attached hydrogens (primary N) is 1. The Morgan fingerprint density at radius 1 is 0.750 bits per heavy atom. The number of nitrogen functional groups attached to an aromatic ring is 1. The molecule has 106 valence electrons. The van der Waals surface area contributed by atoms with Gasteiger partial charge in [0.15, 0.2) is 17.5 Å². The predicted molar refractivity (Wildman–Crippen MR) is 61.2 cm³/mol. The minimum absolute atomic E-state index is 0.157. The van der Waals surface area contributed by atoms with Crippen LogP contribution < -0.4 is 5.73 Å². The first kappa shape index (κ1) is 14.2. The summed E-state index contributed by atoms with van der Waals surface area (Å²) in [6.45, 7) is 0. The molecule has 0 aliphatic rings. The zero-order valence-corrected chi connectivity index (χ0v) is 9.73. The Morgan fingerprint density at radius 3 is 1.75 bits per heavy atom. The van der Waals surface area contributed by atoms with Crippen LogP contribution in [0.2, 0.25) is 0 Å². The van der Waals surface area contributed by atoms with Crippen molar-refractivity contribution in [2.75, 3.05) is 5.73 Å². The van der Waals surface area contributed by atoms with Crippen molar-refractivity contribution in [1.82, 2.24) is 0 Å². The molecule has 0 aliphatic heterocycles. The summed E-state index contributed by atoms with van der Waals surface area (Å²) < 4.78 is 76.9. The van der Waals surface area contributed by atoms with Crippen LogP contribution in [-0.2, 0) is 6.18 Å². The molecule has 0 heterocycles. The molecule has 0 saturated heterocycles. The third-order valence-electron chi connectivity index (χ3n) is 2.60. The fourth-order valence-electron chi connectivity index (χ4n) is 1.70. The van der Waals surface area contributed by atoms with Gasteiger partial charge in [0, 0.05) is 5.69 Å². The SMILES string of the molecule is Nc1cc(-c2cc(F)c(F)c(F)c2)cc(C(F)(F)F)c1. The van der Waals surface area contributed by atoms with Crippen LogP contribution in [0.4, 0.5) is 32.0 Å². The van der Waals surface area contributed by atoms with Crippen molar-refractivity contribution >= 4 is 5.69 Å². The molecule has 0 aliphatic carbocycles. The molecule has 0 amide bonds. The maximum atomic E-state index is 13.1. The molecule has 0 fully saturated rings. The summed E-state index contributed by atoms with van der Waals surface area (Å²) in [5.74, 6) is -4.67. The number of hydrogen-bond acceptors (Lipinski definition) is 1. The van der Waals surface area contributed by atoms with Gasteiger partial charge in [-0.3, -0.25) is 0 Å². The molecule has 1 nitrogen and oxygen atoms in total. The van der Waals surface area contributed by atoms with Gasteiger partial charge >= 0.3 is 6.18 Å². The lowest BCUT2D eigenvalue weighted by Crippen LogP contribution is -2.06. The second kappa shape index (κ2) is 4.73. The number of alkyl halides is 3. The number of rotatable bonds is 1. The van der Waals surface area contributed by atoms with Crippen molar-refractivity contribution in [3.05, 3.63) is 53.3 Å². The van der Waals surface area contributed by atoms with E-state index in [1.54, 1.807) is 0 Å². The second-order valence-electron chi connectivity index (χ2n) is 4.10. The number of halogens is 6. The summed E-state index contributed by atoms with van der Waals surface area (Å²) in [6.07, 6.45) is -4.65. The van der Waals surface area contributed by atoms with Gasteiger partial charge in [0.25, 0.3) is 0 Å². The topological polar surface area (TPSA) is 26.0 Å².